The summed E-state index contributed by atoms with van der Waals surface area (Å²) in [6.45, 7) is 10.8. The van der Waals surface area contributed by atoms with Gasteiger partial charge in [-0.2, -0.15) is 9.40 Å². The van der Waals surface area contributed by atoms with Crippen LogP contribution in [0.25, 0.3) is 0 Å². The third kappa shape index (κ3) is 4.46. The molecule has 1 aromatic rings. The van der Waals surface area contributed by atoms with Crippen LogP contribution in [0.15, 0.2) is 4.90 Å². The third-order valence-corrected chi connectivity index (χ3v) is 7.45. The molecule has 0 atom stereocenters. The number of hydrogen-bond acceptors (Lipinski definition) is 4. The first-order valence-electron chi connectivity index (χ1n) is 9.54. The van der Waals surface area contributed by atoms with E-state index in [9.17, 15) is 13.2 Å². The van der Waals surface area contributed by atoms with Crippen LogP contribution in [-0.2, 0) is 21.4 Å². The van der Waals surface area contributed by atoms with Crippen molar-refractivity contribution in [3.05, 3.63) is 11.4 Å². The second kappa shape index (κ2) is 8.52. The summed E-state index contributed by atoms with van der Waals surface area (Å²) in [5.74, 6) is 0.417. The minimum atomic E-state index is -3.58. The molecule has 0 spiro atoms. The van der Waals surface area contributed by atoms with Gasteiger partial charge in [0.1, 0.15) is 11.4 Å². The zero-order chi connectivity index (χ0) is 19.5. The van der Waals surface area contributed by atoms with Crippen LogP contribution in [0.4, 0.5) is 0 Å². The average molecular weight is 385 g/mol. The van der Waals surface area contributed by atoms with E-state index in [2.05, 4.69) is 17.3 Å². The molecule has 1 N–H and O–H groups in total. The minimum Gasteiger partial charge on any atom is -0.352 e. The second-order valence-electron chi connectivity index (χ2n) is 7.33. The van der Waals surface area contributed by atoms with Crippen molar-refractivity contribution >= 4 is 15.9 Å². The summed E-state index contributed by atoms with van der Waals surface area (Å²) < 4.78 is 29.2. The number of piperidine rings is 1. The zero-order valence-corrected chi connectivity index (χ0v) is 17.4. The van der Waals surface area contributed by atoms with Gasteiger partial charge in [0.2, 0.25) is 15.9 Å². The van der Waals surface area contributed by atoms with Crippen molar-refractivity contribution in [3.8, 4) is 0 Å². The minimum absolute atomic E-state index is 0.0374. The molecular weight excluding hydrogens is 352 g/mol. The molecule has 1 aliphatic rings. The maximum Gasteiger partial charge on any atom is 0.246 e. The summed E-state index contributed by atoms with van der Waals surface area (Å²) in [7, 11) is -3.58. The number of nitrogens with one attached hydrogen (secondary N) is 1. The summed E-state index contributed by atoms with van der Waals surface area (Å²) in [5, 5.41) is 7.30. The van der Waals surface area contributed by atoms with E-state index in [1.807, 2.05) is 13.8 Å². The standard InChI is InChI=1S/C18H32N4O3S/c1-6-16(7-2)19-17(23)12-22-15(5)18(14(4)20-22)26(24,25)21-10-8-13(3)9-11-21/h13,16H,6-12H2,1-5H3,(H,19,23). The Morgan fingerprint density at radius 2 is 1.81 bits per heavy atom. The van der Waals surface area contributed by atoms with Gasteiger partial charge >= 0.3 is 0 Å². The summed E-state index contributed by atoms with van der Waals surface area (Å²) in [6.07, 6.45) is 3.49. The fourth-order valence-electron chi connectivity index (χ4n) is 3.46. The van der Waals surface area contributed by atoms with Crippen LogP contribution in [-0.4, -0.2) is 47.5 Å². The molecule has 1 aliphatic heterocycles. The van der Waals surface area contributed by atoms with Gasteiger partial charge in [0.25, 0.3) is 0 Å². The topological polar surface area (TPSA) is 84.3 Å². The lowest BCUT2D eigenvalue weighted by molar-refractivity contribution is -0.122. The van der Waals surface area contributed by atoms with E-state index >= 15 is 0 Å². The average Bonchev–Trinajstić information content (AvgIpc) is 2.87. The Balaban J connectivity index is 2.20. The molecule has 2 heterocycles. The van der Waals surface area contributed by atoms with Gasteiger partial charge in [0.15, 0.2) is 0 Å². The van der Waals surface area contributed by atoms with Crippen LogP contribution in [0.3, 0.4) is 0 Å². The highest BCUT2D eigenvalue weighted by Gasteiger charge is 2.33. The highest BCUT2D eigenvalue weighted by atomic mass is 32.2. The number of hydrogen-bond donors (Lipinski definition) is 1. The van der Waals surface area contributed by atoms with E-state index in [0.29, 0.717) is 30.4 Å². The molecule has 1 amide bonds. The van der Waals surface area contributed by atoms with Gasteiger partial charge in [0.05, 0.1) is 11.4 Å². The smallest absolute Gasteiger partial charge is 0.246 e. The Morgan fingerprint density at radius 3 is 2.35 bits per heavy atom. The van der Waals surface area contributed by atoms with Gasteiger partial charge in [-0.05, 0) is 45.4 Å². The van der Waals surface area contributed by atoms with Crippen LogP contribution >= 0.6 is 0 Å². The van der Waals surface area contributed by atoms with Crippen LogP contribution in [0.1, 0.15) is 57.8 Å². The molecule has 8 heteroatoms. The van der Waals surface area contributed by atoms with E-state index in [1.165, 1.54) is 4.68 Å². The number of rotatable bonds is 7. The predicted molar refractivity (Wildman–Crippen MR) is 101 cm³/mol. The maximum atomic E-state index is 13.1. The number of amides is 1. The normalized spacial score (nSPS) is 17.0. The molecule has 2 rings (SSSR count). The lowest BCUT2D eigenvalue weighted by atomic mass is 10.0. The van der Waals surface area contributed by atoms with E-state index in [0.717, 1.165) is 25.7 Å². The Kier molecular flexibility index (Phi) is 6.85. The van der Waals surface area contributed by atoms with Crippen molar-refractivity contribution in [1.82, 2.24) is 19.4 Å². The van der Waals surface area contributed by atoms with Gasteiger partial charge < -0.3 is 5.32 Å². The Hall–Kier alpha value is -1.41. The Morgan fingerprint density at radius 1 is 1.23 bits per heavy atom. The molecule has 0 unspecified atom stereocenters. The second-order valence-corrected chi connectivity index (χ2v) is 9.20. The van der Waals surface area contributed by atoms with Gasteiger partial charge in [-0.15, -0.1) is 0 Å². The van der Waals surface area contributed by atoms with Gasteiger partial charge in [0, 0.05) is 19.1 Å². The van der Waals surface area contributed by atoms with E-state index in [1.54, 1.807) is 18.2 Å². The van der Waals surface area contributed by atoms with Crippen molar-refractivity contribution in [1.29, 1.82) is 0 Å². The van der Waals surface area contributed by atoms with Gasteiger partial charge in [-0.25, -0.2) is 8.42 Å². The van der Waals surface area contributed by atoms with Crippen molar-refractivity contribution < 1.29 is 13.2 Å². The molecule has 1 aromatic heterocycles. The molecule has 1 saturated heterocycles. The van der Waals surface area contributed by atoms with E-state index in [4.69, 9.17) is 0 Å². The van der Waals surface area contributed by atoms with Crippen LogP contribution in [0.5, 0.6) is 0 Å². The lowest BCUT2D eigenvalue weighted by Gasteiger charge is -2.29. The Bertz CT molecular complexity index is 730. The number of carbonyl (C=O) groups excluding carboxylic acids is 1. The number of carbonyl (C=O) groups is 1. The quantitative estimate of drug-likeness (QED) is 0.781. The molecule has 1 fully saturated rings. The summed E-state index contributed by atoms with van der Waals surface area (Å²) in [4.78, 5) is 12.5. The highest BCUT2D eigenvalue weighted by molar-refractivity contribution is 7.89. The maximum absolute atomic E-state index is 13.1. The molecule has 0 bridgehead atoms. The van der Waals surface area contributed by atoms with Crippen molar-refractivity contribution in [2.24, 2.45) is 5.92 Å². The highest BCUT2D eigenvalue weighted by Crippen LogP contribution is 2.27. The first kappa shape index (κ1) is 20.9. The van der Waals surface area contributed by atoms with Crippen LogP contribution in [0, 0.1) is 19.8 Å². The SMILES string of the molecule is CCC(CC)NC(=O)Cn1nc(C)c(S(=O)(=O)N2CCC(C)CC2)c1C. The Labute approximate surface area is 157 Å². The zero-order valence-electron chi connectivity index (χ0n) is 16.6. The first-order valence-corrected chi connectivity index (χ1v) is 11.0. The van der Waals surface area contributed by atoms with Crippen LogP contribution in [0.2, 0.25) is 0 Å². The van der Waals surface area contributed by atoms with Crippen molar-refractivity contribution in [2.45, 2.75) is 77.8 Å². The fraction of sp³-hybridized carbons (Fsp3) is 0.778. The van der Waals surface area contributed by atoms with Crippen LogP contribution < -0.4 is 5.32 Å². The first-order chi connectivity index (χ1) is 12.2. The molecular formula is C18H32N4O3S. The molecule has 0 aromatic carbocycles. The largest absolute Gasteiger partial charge is 0.352 e. The summed E-state index contributed by atoms with van der Waals surface area (Å²) in [6, 6.07) is 0.137. The number of aryl methyl sites for hydroxylation is 1. The monoisotopic (exact) mass is 384 g/mol. The van der Waals surface area contributed by atoms with Crippen molar-refractivity contribution in [3.63, 3.8) is 0 Å². The summed E-state index contributed by atoms with van der Waals surface area (Å²) >= 11 is 0. The number of sulfonamides is 1. The predicted octanol–water partition coefficient (Wildman–Crippen LogP) is 2.23. The molecule has 148 valence electrons. The van der Waals surface area contributed by atoms with Gasteiger partial charge in [-0.1, -0.05) is 20.8 Å². The molecule has 0 radical (unpaired) electrons. The van der Waals surface area contributed by atoms with Gasteiger partial charge in [-0.3, -0.25) is 9.48 Å². The molecule has 26 heavy (non-hydrogen) atoms. The fourth-order valence-corrected chi connectivity index (χ4v) is 5.31. The lowest BCUT2D eigenvalue weighted by Crippen LogP contribution is -2.38. The number of nitrogens with zero attached hydrogens (tertiary/aromatic N) is 3. The van der Waals surface area contributed by atoms with E-state index < -0.39 is 10.0 Å². The number of aromatic nitrogens is 2. The molecule has 7 nitrogen and oxygen atoms in total. The van der Waals surface area contributed by atoms with E-state index in [-0.39, 0.29) is 23.4 Å². The molecule has 0 aliphatic carbocycles. The molecule has 0 saturated carbocycles. The van der Waals surface area contributed by atoms with Crippen molar-refractivity contribution in [2.75, 3.05) is 13.1 Å². The summed E-state index contributed by atoms with van der Waals surface area (Å²) in [5.41, 5.74) is 0.984. The third-order valence-electron chi connectivity index (χ3n) is 5.30.